The number of likely N-dealkylation sites (tertiary alicyclic amines) is 1. The van der Waals surface area contributed by atoms with Crippen LogP contribution in [-0.4, -0.2) is 60.1 Å². The van der Waals surface area contributed by atoms with E-state index in [1.54, 1.807) is 60.4 Å². The molecule has 5 rings (SSSR count). The van der Waals surface area contributed by atoms with Gasteiger partial charge >= 0.3 is 6.03 Å². The average molecular weight is 662 g/mol. The Morgan fingerprint density at radius 1 is 1.04 bits per heavy atom. The molecule has 2 aromatic heterocycles. The first-order chi connectivity index (χ1) is 22.5. The molecule has 0 spiro atoms. The van der Waals surface area contributed by atoms with Gasteiger partial charge in [0, 0.05) is 48.8 Å². The molecule has 3 amide bonds. The van der Waals surface area contributed by atoms with Gasteiger partial charge in [-0.15, -0.1) is 0 Å². The Kier molecular flexibility index (Phi) is 10.3. The number of primary amides is 1. The fourth-order valence-electron chi connectivity index (χ4n) is 5.25. The number of pyridine rings is 2. The Hall–Kier alpha value is -5.08. The smallest absolute Gasteiger partial charge is 0.326 e. The normalized spacial score (nSPS) is 13.9. The number of nitrogens with two attached hydrogens (primary N) is 1. The molecule has 4 N–H and O–H groups in total. The molecule has 0 unspecified atom stereocenters. The molecule has 1 fully saturated rings. The minimum Gasteiger partial charge on any atom is -0.439 e. The number of amides is 3. The third-order valence-corrected chi connectivity index (χ3v) is 9.10. The van der Waals surface area contributed by atoms with Crippen LogP contribution in [0, 0.1) is 12.7 Å². The first-order valence-electron chi connectivity index (χ1n) is 15.1. The molecule has 14 heteroatoms. The Morgan fingerprint density at radius 2 is 1.77 bits per heavy atom. The predicted molar refractivity (Wildman–Crippen MR) is 178 cm³/mol. The summed E-state index contributed by atoms with van der Waals surface area (Å²) in [6, 6.07) is 18.7. The number of sulfonamides is 1. The van der Waals surface area contributed by atoms with Crippen molar-refractivity contribution in [1.29, 1.82) is 0 Å². The summed E-state index contributed by atoms with van der Waals surface area (Å²) in [5.74, 6) is -0.189. The number of carbonyl (C=O) groups is 2. The van der Waals surface area contributed by atoms with Gasteiger partial charge in [0.1, 0.15) is 17.3 Å². The van der Waals surface area contributed by atoms with Crippen molar-refractivity contribution in [1.82, 2.24) is 14.9 Å². The molecule has 246 valence electrons. The van der Waals surface area contributed by atoms with Crippen LogP contribution in [0.5, 0.6) is 11.6 Å². The SMILES string of the molecule is CCS(=O)(=O)Nc1ccc(Oc2ccc(CN3CCC(N(C(=O)Nc4ccc(C(N)=O)nc4)c4cccc(F)c4)CC3)c(C)n2)cc1. The number of ether oxygens (including phenoxy) is 1. The number of hydrogen-bond acceptors (Lipinski definition) is 8. The number of urea groups is 1. The molecular weight excluding hydrogens is 625 g/mol. The summed E-state index contributed by atoms with van der Waals surface area (Å²) in [6.07, 6.45) is 2.66. The van der Waals surface area contributed by atoms with E-state index < -0.39 is 27.8 Å². The highest BCUT2D eigenvalue weighted by Gasteiger charge is 2.30. The first kappa shape index (κ1) is 33.3. The molecule has 1 aliphatic heterocycles. The van der Waals surface area contributed by atoms with Crippen molar-refractivity contribution in [2.45, 2.75) is 39.3 Å². The van der Waals surface area contributed by atoms with Crippen LogP contribution < -0.4 is 25.4 Å². The number of aryl methyl sites for hydroxylation is 1. The van der Waals surface area contributed by atoms with E-state index in [2.05, 4.69) is 24.9 Å². The molecule has 47 heavy (non-hydrogen) atoms. The summed E-state index contributed by atoms with van der Waals surface area (Å²) in [4.78, 5) is 37.3. The lowest BCUT2D eigenvalue weighted by atomic mass is 10.0. The van der Waals surface area contributed by atoms with Gasteiger partial charge in [-0.25, -0.2) is 27.6 Å². The Bertz CT molecular complexity index is 1830. The van der Waals surface area contributed by atoms with Crippen molar-refractivity contribution in [2.75, 3.05) is 33.8 Å². The average Bonchev–Trinajstić information content (AvgIpc) is 3.04. The van der Waals surface area contributed by atoms with Gasteiger partial charge < -0.3 is 15.8 Å². The van der Waals surface area contributed by atoms with Crippen LogP contribution in [0.15, 0.2) is 79.0 Å². The summed E-state index contributed by atoms with van der Waals surface area (Å²) in [7, 11) is -3.36. The molecule has 1 aliphatic rings. The number of benzene rings is 2. The minimum absolute atomic E-state index is 0.0153. The van der Waals surface area contributed by atoms with Crippen LogP contribution in [0.3, 0.4) is 0 Å². The molecule has 4 aromatic rings. The van der Waals surface area contributed by atoms with Crippen LogP contribution in [0.2, 0.25) is 0 Å². The van der Waals surface area contributed by atoms with Crippen molar-refractivity contribution in [2.24, 2.45) is 5.73 Å². The molecule has 0 bridgehead atoms. The second-order valence-electron chi connectivity index (χ2n) is 11.1. The van der Waals surface area contributed by atoms with Crippen molar-refractivity contribution in [3.8, 4) is 11.6 Å². The highest BCUT2D eigenvalue weighted by molar-refractivity contribution is 7.92. The summed E-state index contributed by atoms with van der Waals surface area (Å²) < 4.78 is 46.2. The first-order valence-corrected chi connectivity index (χ1v) is 16.7. The van der Waals surface area contributed by atoms with Gasteiger partial charge in [0.15, 0.2) is 0 Å². The second kappa shape index (κ2) is 14.6. The van der Waals surface area contributed by atoms with Crippen molar-refractivity contribution in [3.05, 3.63) is 102 Å². The number of piperidine rings is 1. The predicted octanol–water partition coefficient (Wildman–Crippen LogP) is 5.28. The molecule has 0 aliphatic carbocycles. The zero-order valence-corrected chi connectivity index (χ0v) is 26.8. The van der Waals surface area contributed by atoms with Crippen LogP contribution in [0.25, 0.3) is 0 Å². The molecule has 1 saturated heterocycles. The number of anilines is 3. The third-order valence-electron chi connectivity index (χ3n) is 7.79. The maximum Gasteiger partial charge on any atom is 0.326 e. The van der Waals surface area contributed by atoms with E-state index in [0.717, 1.165) is 11.3 Å². The molecule has 2 aromatic carbocycles. The Balaban J connectivity index is 1.20. The van der Waals surface area contributed by atoms with E-state index in [1.807, 2.05) is 13.0 Å². The molecule has 0 saturated carbocycles. The van der Waals surface area contributed by atoms with Crippen molar-refractivity contribution in [3.63, 3.8) is 0 Å². The monoisotopic (exact) mass is 661 g/mol. The van der Waals surface area contributed by atoms with E-state index in [4.69, 9.17) is 10.5 Å². The number of aromatic nitrogens is 2. The third kappa shape index (κ3) is 8.80. The van der Waals surface area contributed by atoms with Crippen LogP contribution >= 0.6 is 0 Å². The number of hydrogen-bond donors (Lipinski definition) is 3. The molecule has 12 nitrogen and oxygen atoms in total. The van der Waals surface area contributed by atoms with E-state index in [1.165, 1.54) is 24.4 Å². The summed E-state index contributed by atoms with van der Waals surface area (Å²) >= 11 is 0. The quantitative estimate of drug-likeness (QED) is 0.196. The highest BCUT2D eigenvalue weighted by Crippen LogP contribution is 2.28. The number of halogens is 1. The van der Waals surface area contributed by atoms with Gasteiger partial charge in [-0.3, -0.25) is 19.3 Å². The van der Waals surface area contributed by atoms with Gasteiger partial charge in [0.2, 0.25) is 15.9 Å². The summed E-state index contributed by atoms with van der Waals surface area (Å²) in [5, 5.41) is 2.81. The standard InChI is InChI=1S/C33H36FN7O5S/c1-3-47(44,45)39-25-8-11-29(12-9-25)46-31-14-7-23(22(2)37-31)21-40-17-15-27(16-18-40)41(28-6-4-5-24(34)19-28)33(43)38-26-10-13-30(32(35)42)36-20-26/h4-14,19-20,27,39H,3,15-18,21H2,1-2H3,(H2,35,42)(H,38,43). The second-order valence-corrected chi connectivity index (χ2v) is 13.1. The topological polar surface area (TPSA) is 160 Å². The minimum atomic E-state index is -3.36. The fourth-order valence-corrected chi connectivity index (χ4v) is 5.89. The van der Waals surface area contributed by atoms with Crippen LogP contribution in [0.1, 0.15) is 41.5 Å². The van der Waals surface area contributed by atoms with Gasteiger partial charge in [-0.1, -0.05) is 12.1 Å². The lowest BCUT2D eigenvalue weighted by Crippen LogP contribution is -2.49. The Labute approximate surface area is 272 Å². The number of nitrogens with zero attached hydrogens (tertiary/aromatic N) is 4. The lowest BCUT2D eigenvalue weighted by Gasteiger charge is -2.38. The number of nitrogens with one attached hydrogen (secondary N) is 2. The summed E-state index contributed by atoms with van der Waals surface area (Å²) in [5.41, 5.74) is 8.47. The van der Waals surface area contributed by atoms with Crippen LogP contribution in [-0.2, 0) is 16.6 Å². The molecule has 0 atom stereocenters. The van der Waals surface area contributed by atoms with Crippen LogP contribution in [0.4, 0.5) is 26.2 Å². The fraction of sp³-hybridized carbons (Fsp3) is 0.273. The molecular formula is C33H36FN7O5S. The number of carbonyl (C=O) groups excluding carboxylic acids is 2. The maximum absolute atomic E-state index is 14.2. The zero-order valence-electron chi connectivity index (χ0n) is 26.0. The van der Waals surface area contributed by atoms with E-state index >= 15 is 0 Å². The molecule has 3 heterocycles. The number of rotatable bonds is 11. The van der Waals surface area contributed by atoms with Gasteiger partial charge in [0.25, 0.3) is 5.91 Å². The van der Waals surface area contributed by atoms with E-state index in [9.17, 15) is 22.4 Å². The van der Waals surface area contributed by atoms with Crippen molar-refractivity contribution >= 4 is 39.0 Å². The van der Waals surface area contributed by atoms with Gasteiger partial charge in [0.05, 0.1) is 17.6 Å². The van der Waals surface area contributed by atoms with Gasteiger partial charge in [-0.05, 0) is 86.8 Å². The van der Waals surface area contributed by atoms with E-state index in [0.29, 0.717) is 61.2 Å². The summed E-state index contributed by atoms with van der Waals surface area (Å²) in [6.45, 7) is 5.54. The Morgan fingerprint density at radius 3 is 2.38 bits per heavy atom. The van der Waals surface area contributed by atoms with Crippen molar-refractivity contribution < 1.29 is 27.1 Å². The van der Waals surface area contributed by atoms with E-state index in [-0.39, 0.29) is 17.5 Å². The molecule has 0 radical (unpaired) electrons. The largest absolute Gasteiger partial charge is 0.439 e. The highest BCUT2D eigenvalue weighted by atomic mass is 32.2. The zero-order chi connectivity index (χ0) is 33.6. The lowest BCUT2D eigenvalue weighted by molar-refractivity contribution is 0.0995. The van der Waals surface area contributed by atoms with Gasteiger partial charge in [-0.2, -0.15) is 0 Å². The maximum atomic E-state index is 14.2.